The van der Waals surface area contributed by atoms with Crippen LogP contribution in [0.3, 0.4) is 0 Å². The van der Waals surface area contributed by atoms with Gasteiger partial charge < -0.3 is 18.9 Å². The minimum absolute atomic E-state index is 0.0508. The predicted octanol–water partition coefficient (Wildman–Crippen LogP) is 13.1. The molecule has 2 aliphatic rings. The third-order valence-corrected chi connectivity index (χ3v) is 13.6. The SMILES string of the molecule is c1ccc(N(c2ccccc2)c2ccc3c(c2)c2cc4c5cc(N(c6ccccc6)c6ccccc6)ccc5n5c4c4c2n3-c2ccccc2B4c2cc3ccccc3cc2-5)cc1. The molecule has 0 aliphatic carbocycles. The molecule has 0 saturated carbocycles. The fourth-order valence-corrected chi connectivity index (χ4v) is 11.0. The third kappa shape index (κ3) is 4.87. The van der Waals surface area contributed by atoms with Crippen molar-refractivity contribution in [2.45, 2.75) is 0 Å². The van der Waals surface area contributed by atoms with Gasteiger partial charge in [0.05, 0.1) is 22.1 Å². The van der Waals surface area contributed by atoms with E-state index in [-0.39, 0.29) is 6.71 Å². The minimum atomic E-state index is 0.0508. The number of benzene rings is 10. The first kappa shape index (κ1) is 34.4. The predicted molar refractivity (Wildman–Crippen MR) is 267 cm³/mol. The number of hydrogen-bond donors (Lipinski definition) is 0. The molecule has 2 aromatic heterocycles. The van der Waals surface area contributed by atoms with Gasteiger partial charge in [0.1, 0.15) is 0 Å². The van der Waals surface area contributed by atoms with E-state index in [1.165, 1.54) is 82.1 Å². The second kappa shape index (κ2) is 13.1. The molecule has 5 heteroatoms. The van der Waals surface area contributed by atoms with E-state index in [1.54, 1.807) is 0 Å². The quantitative estimate of drug-likeness (QED) is 0.156. The molecule has 0 N–H and O–H groups in total. The lowest BCUT2D eigenvalue weighted by molar-refractivity contribution is 1.17. The topological polar surface area (TPSA) is 16.3 Å². The van der Waals surface area contributed by atoms with Crippen molar-refractivity contribution in [3.05, 3.63) is 224 Å². The summed E-state index contributed by atoms with van der Waals surface area (Å²) in [5.74, 6) is 0. The highest BCUT2D eigenvalue weighted by Gasteiger charge is 2.41. The van der Waals surface area contributed by atoms with E-state index in [4.69, 9.17) is 0 Å². The zero-order chi connectivity index (χ0) is 41.2. The van der Waals surface area contributed by atoms with Gasteiger partial charge in [-0.3, -0.25) is 0 Å². The summed E-state index contributed by atoms with van der Waals surface area (Å²) < 4.78 is 5.15. The van der Waals surface area contributed by atoms with Gasteiger partial charge in [0, 0.05) is 67.0 Å². The molecule has 0 spiro atoms. The Hall–Kier alpha value is -8.28. The molecule has 2 aliphatic heterocycles. The smallest absolute Gasteiger partial charge is 0.252 e. The third-order valence-electron chi connectivity index (χ3n) is 13.6. The molecule has 0 bridgehead atoms. The summed E-state index contributed by atoms with van der Waals surface area (Å²) in [5, 5.41) is 7.53. The van der Waals surface area contributed by atoms with Gasteiger partial charge in [-0.05, 0) is 130 Å². The van der Waals surface area contributed by atoms with E-state index >= 15 is 0 Å². The molecule has 0 amide bonds. The highest BCUT2D eigenvalue weighted by molar-refractivity contribution is 7.00. The Kier molecular flexibility index (Phi) is 7.17. The summed E-state index contributed by atoms with van der Waals surface area (Å²) in [7, 11) is 0. The van der Waals surface area contributed by atoms with Gasteiger partial charge >= 0.3 is 0 Å². The Morgan fingerprint density at radius 2 is 0.730 bits per heavy atom. The molecule has 12 aromatic rings. The Morgan fingerprint density at radius 1 is 0.302 bits per heavy atom. The molecule has 0 fully saturated rings. The number of nitrogens with zero attached hydrogens (tertiary/aromatic N) is 4. The van der Waals surface area contributed by atoms with Crippen molar-refractivity contribution in [3.8, 4) is 11.4 Å². The van der Waals surface area contributed by atoms with Crippen molar-refractivity contribution in [3.63, 3.8) is 0 Å². The fourth-order valence-electron chi connectivity index (χ4n) is 11.0. The maximum Gasteiger partial charge on any atom is 0.252 e. The molecule has 63 heavy (non-hydrogen) atoms. The highest BCUT2D eigenvalue weighted by atomic mass is 15.1. The van der Waals surface area contributed by atoms with Crippen molar-refractivity contribution in [2.24, 2.45) is 0 Å². The van der Waals surface area contributed by atoms with E-state index < -0.39 is 0 Å². The summed E-state index contributed by atoms with van der Waals surface area (Å²) in [5.41, 5.74) is 18.3. The molecular weight excluding hydrogens is 763 g/mol. The molecule has 10 aromatic carbocycles. The molecule has 0 atom stereocenters. The van der Waals surface area contributed by atoms with E-state index in [9.17, 15) is 0 Å². The first-order chi connectivity index (χ1) is 31.3. The normalized spacial score (nSPS) is 12.4. The van der Waals surface area contributed by atoms with Gasteiger partial charge in [-0.25, -0.2) is 0 Å². The van der Waals surface area contributed by atoms with E-state index in [0.29, 0.717) is 0 Å². The molecule has 14 rings (SSSR count). The van der Waals surface area contributed by atoms with Crippen molar-refractivity contribution in [1.29, 1.82) is 0 Å². The second-order valence-corrected chi connectivity index (χ2v) is 16.9. The van der Waals surface area contributed by atoms with Crippen molar-refractivity contribution >= 4 is 112 Å². The number of anilines is 6. The number of fused-ring (bicyclic) bond motifs is 13. The number of rotatable bonds is 6. The van der Waals surface area contributed by atoms with Crippen LogP contribution in [-0.2, 0) is 0 Å². The van der Waals surface area contributed by atoms with Gasteiger partial charge in [-0.15, -0.1) is 0 Å². The van der Waals surface area contributed by atoms with Crippen LogP contribution < -0.4 is 26.2 Å². The summed E-state index contributed by atoms with van der Waals surface area (Å²) >= 11 is 0. The Labute approximate surface area is 364 Å². The van der Waals surface area contributed by atoms with Crippen LogP contribution in [0.4, 0.5) is 34.1 Å². The van der Waals surface area contributed by atoms with E-state index in [0.717, 1.165) is 34.1 Å². The monoisotopic (exact) mass is 800 g/mol. The van der Waals surface area contributed by atoms with Crippen LogP contribution in [0.1, 0.15) is 0 Å². The molecule has 4 heterocycles. The molecule has 0 unspecified atom stereocenters. The fraction of sp³-hybridized carbons (Fsp3) is 0. The zero-order valence-electron chi connectivity index (χ0n) is 34.2. The molecule has 292 valence electrons. The standard InChI is InChI=1S/C58H37BN4/c1-5-19-40(20-6-1)60(41-21-7-2-8-22-41)44-29-31-52-46(35-44)48-37-49-47-36-45(61(42-23-9-3-10-24-42)43-25-11-4-12-26-43)30-32-53(47)63-55-34-39-18-14-13-17-38(39)33-51(55)59-50-27-15-16-28-54(50)62(52)57(48)56(59)58(49)63/h1-37H. The largest absolute Gasteiger partial charge is 0.310 e. The first-order valence-corrected chi connectivity index (χ1v) is 21.8. The summed E-state index contributed by atoms with van der Waals surface area (Å²) in [6.45, 7) is 0.0508. The van der Waals surface area contributed by atoms with Crippen LogP contribution in [0.5, 0.6) is 0 Å². The summed E-state index contributed by atoms with van der Waals surface area (Å²) in [6, 6.07) is 82.5. The van der Waals surface area contributed by atoms with Crippen LogP contribution in [-0.4, -0.2) is 15.8 Å². The maximum atomic E-state index is 2.59. The van der Waals surface area contributed by atoms with Crippen molar-refractivity contribution in [1.82, 2.24) is 9.13 Å². The lowest BCUT2D eigenvalue weighted by Crippen LogP contribution is -2.59. The van der Waals surface area contributed by atoms with Crippen LogP contribution in [0.25, 0.3) is 65.8 Å². The Morgan fingerprint density at radius 3 is 1.24 bits per heavy atom. The molecule has 4 nitrogen and oxygen atoms in total. The second-order valence-electron chi connectivity index (χ2n) is 16.9. The zero-order valence-corrected chi connectivity index (χ0v) is 34.2. The number of aromatic nitrogens is 2. The minimum Gasteiger partial charge on any atom is -0.310 e. The summed E-state index contributed by atoms with van der Waals surface area (Å²) in [6.07, 6.45) is 0. The Balaban J connectivity index is 1.13. The van der Waals surface area contributed by atoms with Crippen LogP contribution >= 0.6 is 0 Å². The van der Waals surface area contributed by atoms with Gasteiger partial charge in [-0.2, -0.15) is 0 Å². The van der Waals surface area contributed by atoms with Crippen molar-refractivity contribution in [2.75, 3.05) is 9.80 Å². The van der Waals surface area contributed by atoms with Gasteiger partial charge in [-0.1, -0.05) is 121 Å². The summed E-state index contributed by atoms with van der Waals surface area (Å²) in [4.78, 5) is 4.76. The first-order valence-electron chi connectivity index (χ1n) is 21.8. The molecular formula is C58H37BN4. The lowest BCUT2D eigenvalue weighted by Gasteiger charge is -2.33. The van der Waals surface area contributed by atoms with Crippen LogP contribution in [0.15, 0.2) is 224 Å². The number of para-hydroxylation sites is 5. The lowest BCUT2D eigenvalue weighted by atomic mass is 9.34. The number of hydrogen-bond acceptors (Lipinski definition) is 2. The molecule has 0 saturated heterocycles. The van der Waals surface area contributed by atoms with Gasteiger partial charge in [0.15, 0.2) is 0 Å². The Bertz CT molecular complexity index is 3720. The van der Waals surface area contributed by atoms with Gasteiger partial charge in [0.2, 0.25) is 0 Å². The average Bonchev–Trinajstić information content (AvgIpc) is 3.86. The van der Waals surface area contributed by atoms with Crippen molar-refractivity contribution < 1.29 is 0 Å². The van der Waals surface area contributed by atoms with E-state index in [1.807, 2.05) is 0 Å². The molecule has 0 radical (unpaired) electrons. The van der Waals surface area contributed by atoms with Gasteiger partial charge in [0.25, 0.3) is 6.71 Å². The highest BCUT2D eigenvalue weighted by Crippen LogP contribution is 2.46. The van der Waals surface area contributed by atoms with E-state index in [2.05, 4.69) is 243 Å². The van der Waals surface area contributed by atoms with Crippen LogP contribution in [0.2, 0.25) is 0 Å². The van der Waals surface area contributed by atoms with Crippen LogP contribution in [0, 0.1) is 0 Å². The maximum absolute atomic E-state index is 2.59. The average molecular weight is 801 g/mol.